The molecule has 0 bridgehead atoms. The Hall–Kier alpha value is -1.54. The first kappa shape index (κ1) is 14.5. The average Bonchev–Trinajstić information content (AvgIpc) is 2.75. The second-order valence-corrected chi connectivity index (χ2v) is 3.43. The quantitative estimate of drug-likeness (QED) is 0.821. The molecular weight excluding hydrogens is 255 g/mol. The third-order valence-electron chi connectivity index (χ3n) is 1.94. The van der Waals surface area contributed by atoms with Gasteiger partial charge in [0.1, 0.15) is 12.4 Å². The van der Waals surface area contributed by atoms with Gasteiger partial charge in [0.2, 0.25) is 5.76 Å². The number of esters is 1. The van der Waals surface area contributed by atoms with Crippen LogP contribution in [0.2, 0.25) is 0 Å². The number of carbonyl (C=O) groups is 1. The van der Waals surface area contributed by atoms with Gasteiger partial charge in [0.05, 0.1) is 19.8 Å². The maximum absolute atomic E-state index is 11.8. The Labute approximate surface area is 101 Å². The molecule has 18 heavy (non-hydrogen) atoms. The molecule has 1 aromatic heterocycles. The Morgan fingerprint density at radius 2 is 2.17 bits per heavy atom. The highest BCUT2D eigenvalue weighted by Crippen LogP contribution is 2.18. The lowest BCUT2D eigenvalue weighted by Crippen LogP contribution is -2.23. The molecule has 1 rings (SSSR count). The van der Waals surface area contributed by atoms with Crippen LogP contribution < -0.4 is 5.73 Å². The molecule has 1 unspecified atom stereocenters. The molecule has 102 valence electrons. The van der Waals surface area contributed by atoms with Crippen LogP contribution in [0.3, 0.4) is 0 Å². The fourth-order valence-electron chi connectivity index (χ4n) is 1.15. The molecular formula is C10H12F3NO4. The van der Waals surface area contributed by atoms with Crippen molar-refractivity contribution < 1.29 is 31.9 Å². The largest absolute Gasteiger partial charge is 0.463 e. The van der Waals surface area contributed by atoms with E-state index >= 15 is 0 Å². The van der Waals surface area contributed by atoms with Gasteiger partial charge in [-0.25, -0.2) is 4.79 Å². The van der Waals surface area contributed by atoms with Gasteiger partial charge in [-0.05, 0) is 12.1 Å². The monoisotopic (exact) mass is 267 g/mol. The third-order valence-corrected chi connectivity index (χ3v) is 1.94. The summed E-state index contributed by atoms with van der Waals surface area (Å²) in [6.07, 6.45) is -4.40. The highest BCUT2D eigenvalue weighted by atomic mass is 19.4. The number of alkyl halides is 3. The molecule has 1 atom stereocenters. The standard InChI is InChI=1S/C10H12F3NO4/c1-16-9(15)8-3-2-7(18-8)6(14)4-17-5-10(11,12)13/h2-3,6H,4-5,14H2,1H3. The summed E-state index contributed by atoms with van der Waals surface area (Å²) in [5.41, 5.74) is 5.54. The van der Waals surface area contributed by atoms with Crippen molar-refractivity contribution in [3.8, 4) is 0 Å². The number of nitrogens with two attached hydrogens (primary N) is 1. The number of furan rings is 1. The van der Waals surface area contributed by atoms with Crippen LogP contribution in [0.25, 0.3) is 0 Å². The van der Waals surface area contributed by atoms with Crippen LogP contribution in [0.1, 0.15) is 22.4 Å². The van der Waals surface area contributed by atoms with Gasteiger partial charge in [0, 0.05) is 0 Å². The molecule has 0 aliphatic heterocycles. The van der Waals surface area contributed by atoms with Crippen LogP contribution in [0.5, 0.6) is 0 Å². The van der Waals surface area contributed by atoms with E-state index in [4.69, 9.17) is 10.2 Å². The zero-order valence-corrected chi connectivity index (χ0v) is 9.49. The summed E-state index contributed by atoms with van der Waals surface area (Å²) in [6, 6.07) is 1.82. The van der Waals surface area contributed by atoms with Gasteiger partial charge >= 0.3 is 12.1 Å². The third kappa shape index (κ3) is 4.38. The second kappa shape index (κ2) is 5.87. The van der Waals surface area contributed by atoms with E-state index in [-0.39, 0.29) is 18.1 Å². The summed E-state index contributed by atoms with van der Waals surface area (Å²) in [4.78, 5) is 11.1. The fraction of sp³-hybridized carbons (Fsp3) is 0.500. The number of methoxy groups -OCH3 is 1. The molecule has 0 aliphatic carbocycles. The molecule has 0 saturated heterocycles. The van der Waals surface area contributed by atoms with E-state index < -0.39 is 24.8 Å². The van der Waals surface area contributed by atoms with Gasteiger partial charge in [-0.2, -0.15) is 13.2 Å². The Bertz CT molecular complexity index is 402. The topological polar surface area (TPSA) is 74.7 Å². The van der Waals surface area contributed by atoms with Gasteiger partial charge in [0.25, 0.3) is 0 Å². The summed E-state index contributed by atoms with van der Waals surface area (Å²) in [7, 11) is 1.18. The van der Waals surface area contributed by atoms with Crippen LogP contribution in [0, 0.1) is 0 Å². The van der Waals surface area contributed by atoms with Gasteiger partial charge in [-0.15, -0.1) is 0 Å². The molecule has 8 heteroatoms. The van der Waals surface area contributed by atoms with E-state index in [1.165, 1.54) is 19.2 Å². The molecule has 5 nitrogen and oxygen atoms in total. The van der Waals surface area contributed by atoms with Crippen molar-refractivity contribution in [3.63, 3.8) is 0 Å². The van der Waals surface area contributed by atoms with Crippen molar-refractivity contribution in [1.29, 1.82) is 0 Å². The predicted octanol–water partition coefficient (Wildman–Crippen LogP) is 1.64. The number of ether oxygens (including phenoxy) is 2. The minimum absolute atomic E-state index is 0.0706. The van der Waals surface area contributed by atoms with E-state index in [9.17, 15) is 18.0 Å². The Morgan fingerprint density at radius 3 is 2.72 bits per heavy atom. The van der Waals surface area contributed by atoms with Crippen LogP contribution in [0.15, 0.2) is 16.5 Å². The van der Waals surface area contributed by atoms with Crippen molar-refractivity contribution in [3.05, 3.63) is 23.7 Å². The maximum atomic E-state index is 11.8. The van der Waals surface area contributed by atoms with Gasteiger partial charge < -0.3 is 19.6 Å². The highest BCUT2D eigenvalue weighted by Gasteiger charge is 2.28. The Balaban J connectivity index is 2.49. The lowest BCUT2D eigenvalue weighted by Gasteiger charge is -2.11. The number of halogens is 3. The number of carbonyl (C=O) groups excluding carboxylic acids is 1. The summed E-state index contributed by atoms with van der Waals surface area (Å²) in [5.74, 6) is -0.610. The smallest absolute Gasteiger partial charge is 0.411 e. The number of hydrogen-bond donors (Lipinski definition) is 1. The Kier molecular flexibility index (Phi) is 4.74. The highest BCUT2D eigenvalue weighted by molar-refractivity contribution is 5.86. The molecule has 0 fully saturated rings. The van der Waals surface area contributed by atoms with E-state index in [0.29, 0.717) is 0 Å². The zero-order chi connectivity index (χ0) is 13.8. The lowest BCUT2D eigenvalue weighted by molar-refractivity contribution is -0.175. The van der Waals surface area contributed by atoms with Crippen molar-refractivity contribution in [2.45, 2.75) is 12.2 Å². The summed E-state index contributed by atoms with van der Waals surface area (Å²) < 4.78 is 49.2. The first-order valence-corrected chi connectivity index (χ1v) is 4.91. The SMILES string of the molecule is COC(=O)c1ccc(C(N)COCC(F)(F)F)o1. The van der Waals surface area contributed by atoms with Crippen LogP contribution in [-0.2, 0) is 9.47 Å². The van der Waals surface area contributed by atoms with Crippen molar-refractivity contribution in [2.75, 3.05) is 20.3 Å². The minimum atomic E-state index is -4.40. The lowest BCUT2D eigenvalue weighted by atomic mass is 10.2. The van der Waals surface area contributed by atoms with Crippen molar-refractivity contribution in [2.24, 2.45) is 5.73 Å². The van der Waals surface area contributed by atoms with Crippen LogP contribution in [0.4, 0.5) is 13.2 Å². The molecule has 0 aromatic carbocycles. The summed E-state index contributed by atoms with van der Waals surface area (Å²) >= 11 is 0. The van der Waals surface area contributed by atoms with Gasteiger partial charge in [0.15, 0.2) is 0 Å². The summed E-state index contributed by atoms with van der Waals surface area (Å²) in [5, 5.41) is 0. The molecule has 0 amide bonds. The first-order valence-electron chi connectivity index (χ1n) is 4.91. The number of rotatable bonds is 5. The van der Waals surface area contributed by atoms with E-state index in [1.807, 2.05) is 0 Å². The predicted molar refractivity (Wildman–Crippen MR) is 53.8 cm³/mol. The van der Waals surface area contributed by atoms with E-state index in [0.717, 1.165) is 0 Å². The summed E-state index contributed by atoms with van der Waals surface area (Å²) in [6.45, 7) is -1.75. The molecule has 1 aromatic rings. The number of hydrogen-bond acceptors (Lipinski definition) is 5. The maximum Gasteiger partial charge on any atom is 0.411 e. The average molecular weight is 267 g/mol. The molecule has 0 spiro atoms. The van der Waals surface area contributed by atoms with Gasteiger partial charge in [-0.1, -0.05) is 0 Å². The minimum Gasteiger partial charge on any atom is -0.463 e. The van der Waals surface area contributed by atoms with Crippen LogP contribution >= 0.6 is 0 Å². The van der Waals surface area contributed by atoms with Crippen LogP contribution in [-0.4, -0.2) is 32.5 Å². The van der Waals surface area contributed by atoms with Crippen molar-refractivity contribution >= 4 is 5.97 Å². The molecule has 0 radical (unpaired) electrons. The molecule has 2 N–H and O–H groups in total. The second-order valence-electron chi connectivity index (χ2n) is 3.43. The fourth-order valence-corrected chi connectivity index (χ4v) is 1.15. The normalized spacial score (nSPS) is 13.4. The van der Waals surface area contributed by atoms with Gasteiger partial charge in [-0.3, -0.25) is 0 Å². The Morgan fingerprint density at radius 1 is 1.50 bits per heavy atom. The van der Waals surface area contributed by atoms with E-state index in [2.05, 4.69) is 9.47 Å². The van der Waals surface area contributed by atoms with Crippen molar-refractivity contribution in [1.82, 2.24) is 0 Å². The first-order chi connectivity index (χ1) is 8.33. The molecule has 1 heterocycles. The zero-order valence-electron chi connectivity index (χ0n) is 9.49. The van der Waals surface area contributed by atoms with E-state index in [1.54, 1.807) is 0 Å². The molecule has 0 aliphatic rings. The molecule has 0 saturated carbocycles.